The second-order valence-corrected chi connectivity index (χ2v) is 12.6. The summed E-state index contributed by atoms with van der Waals surface area (Å²) in [7, 11) is 1.70. The summed E-state index contributed by atoms with van der Waals surface area (Å²) in [6.45, 7) is 1.30. The second kappa shape index (κ2) is 10.1. The van der Waals surface area contributed by atoms with E-state index < -0.39 is 0 Å². The Kier molecular flexibility index (Phi) is 6.44. The summed E-state index contributed by atoms with van der Waals surface area (Å²) in [5.74, 6) is 0.183. The third kappa shape index (κ3) is 3.97. The standard InChI is InChI=1S/C31H27NO3S3/c1-34-26-19(16-35-25(26)15-33)14-32-31-24-13-7-6-12-23(24)30(38-31)29-22-11-5-4-10-21(22)28(37-29)27-20-9-3-2-8-18(20)17-36-27/h2-13,17,19,25-26,32-33H,14-16H2,1H3/t19?,25-,26?/m1/s1. The molecule has 0 radical (unpaired) electrons. The zero-order chi connectivity index (χ0) is 25.6. The molecule has 1 saturated heterocycles. The lowest BCUT2D eigenvalue weighted by molar-refractivity contribution is -0.0187. The van der Waals surface area contributed by atoms with Crippen LogP contribution < -0.4 is 5.32 Å². The van der Waals surface area contributed by atoms with Crippen LogP contribution in [-0.2, 0) is 9.47 Å². The van der Waals surface area contributed by atoms with E-state index in [2.05, 4.69) is 83.5 Å². The van der Waals surface area contributed by atoms with Crippen LogP contribution in [0.1, 0.15) is 0 Å². The number of benzene rings is 3. The maximum absolute atomic E-state index is 9.64. The molecule has 7 heteroatoms. The SMILES string of the molecule is COC1C(CNc2sc(-c3sc(-c4scc5ccccc45)c4ccccc34)c3ccccc23)CO[C@@H]1CO. The number of hydrogen-bond donors (Lipinski definition) is 2. The number of fused-ring (bicyclic) bond motifs is 3. The third-order valence-corrected chi connectivity index (χ3v) is 11.2. The van der Waals surface area contributed by atoms with Crippen molar-refractivity contribution in [3.8, 4) is 19.5 Å². The Hall–Kier alpha value is -2.78. The molecule has 0 aliphatic carbocycles. The Morgan fingerprint density at radius 2 is 1.42 bits per heavy atom. The van der Waals surface area contributed by atoms with Crippen LogP contribution in [-0.4, -0.2) is 44.2 Å². The molecule has 0 bridgehead atoms. The van der Waals surface area contributed by atoms with Crippen molar-refractivity contribution < 1.29 is 14.6 Å². The van der Waals surface area contributed by atoms with E-state index >= 15 is 0 Å². The summed E-state index contributed by atoms with van der Waals surface area (Å²) < 4.78 is 11.5. The average molecular weight is 558 g/mol. The molecular formula is C31H27NO3S3. The Labute approximate surface area is 233 Å². The van der Waals surface area contributed by atoms with Crippen molar-refractivity contribution in [3.05, 3.63) is 78.2 Å². The molecule has 0 spiro atoms. The summed E-state index contributed by atoms with van der Waals surface area (Å²) in [6.07, 6.45) is -0.366. The maximum atomic E-state index is 9.64. The summed E-state index contributed by atoms with van der Waals surface area (Å²) in [5.41, 5.74) is 0. The molecule has 2 unspecified atom stereocenters. The van der Waals surface area contributed by atoms with Crippen molar-refractivity contribution in [1.29, 1.82) is 0 Å². The van der Waals surface area contributed by atoms with Gasteiger partial charge in [-0.1, -0.05) is 72.8 Å². The molecule has 1 aliphatic heterocycles. The number of thiophene rings is 3. The fourth-order valence-electron chi connectivity index (χ4n) is 5.63. The highest BCUT2D eigenvalue weighted by Crippen LogP contribution is 2.52. The smallest absolute Gasteiger partial charge is 0.107 e. The Morgan fingerprint density at radius 3 is 2.13 bits per heavy atom. The monoisotopic (exact) mass is 557 g/mol. The van der Waals surface area contributed by atoms with Crippen LogP contribution in [0.2, 0.25) is 0 Å². The second-order valence-electron chi connectivity index (χ2n) is 9.66. The number of rotatable bonds is 7. The number of aliphatic hydroxyl groups is 1. The molecule has 3 aromatic carbocycles. The van der Waals surface area contributed by atoms with Gasteiger partial charge >= 0.3 is 0 Å². The number of nitrogens with one attached hydrogen (secondary N) is 1. The van der Waals surface area contributed by atoms with E-state index in [-0.39, 0.29) is 24.7 Å². The molecule has 2 N–H and O–H groups in total. The van der Waals surface area contributed by atoms with Gasteiger partial charge in [0.1, 0.15) is 6.10 Å². The van der Waals surface area contributed by atoms with Crippen molar-refractivity contribution in [2.45, 2.75) is 12.2 Å². The summed E-state index contributed by atoms with van der Waals surface area (Å²) in [4.78, 5) is 5.31. The normalized spacial score (nSPS) is 19.7. The van der Waals surface area contributed by atoms with Gasteiger partial charge in [0.2, 0.25) is 0 Å². The minimum atomic E-state index is -0.258. The first-order chi connectivity index (χ1) is 18.8. The fourth-order valence-corrected chi connectivity index (χ4v) is 9.45. The van der Waals surface area contributed by atoms with E-state index in [4.69, 9.17) is 9.47 Å². The van der Waals surface area contributed by atoms with Crippen LogP contribution >= 0.6 is 34.0 Å². The minimum absolute atomic E-state index is 0.0194. The van der Waals surface area contributed by atoms with E-state index in [0.717, 1.165) is 6.54 Å². The zero-order valence-corrected chi connectivity index (χ0v) is 23.3. The first-order valence-electron chi connectivity index (χ1n) is 12.8. The number of hydrogen-bond acceptors (Lipinski definition) is 7. The van der Waals surface area contributed by atoms with E-state index in [1.165, 1.54) is 56.8 Å². The van der Waals surface area contributed by atoms with E-state index in [1.54, 1.807) is 7.11 Å². The number of anilines is 1. The molecule has 1 aliphatic rings. The highest BCUT2D eigenvalue weighted by atomic mass is 32.1. The molecule has 0 amide bonds. The average Bonchev–Trinajstić information content (AvgIpc) is 3.74. The van der Waals surface area contributed by atoms with Crippen LogP contribution in [0.25, 0.3) is 51.8 Å². The predicted octanol–water partition coefficient (Wildman–Crippen LogP) is 8.10. The van der Waals surface area contributed by atoms with Gasteiger partial charge < -0.3 is 19.9 Å². The van der Waals surface area contributed by atoms with Gasteiger partial charge in [0, 0.05) is 46.5 Å². The van der Waals surface area contributed by atoms with Gasteiger partial charge in [-0.2, -0.15) is 0 Å². The highest BCUT2D eigenvalue weighted by Gasteiger charge is 2.37. The maximum Gasteiger partial charge on any atom is 0.107 e. The van der Waals surface area contributed by atoms with Gasteiger partial charge in [-0.05, 0) is 10.8 Å². The number of aliphatic hydroxyl groups excluding tert-OH is 1. The Morgan fingerprint density at radius 1 is 0.816 bits per heavy atom. The summed E-state index contributed by atoms with van der Waals surface area (Å²) in [5, 5.41) is 24.5. The lowest BCUT2D eigenvalue weighted by Crippen LogP contribution is -2.34. The summed E-state index contributed by atoms with van der Waals surface area (Å²) in [6, 6.07) is 26.2. The largest absolute Gasteiger partial charge is 0.394 e. The molecule has 3 atom stereocenters. The van der Waals surface area contributed by atoms with Crippen molar-refractivity contribution >= 4 is 71.3 Å². The topological polar surface area (TPSA) is 50.7 Å². The third-order valence-electron chi connectivity index (χ3n) is 7.49. The molecule has 192 valence electrons. The number of methoxy groups -OCH3 is 1. The van der Waals surface area contributed by atoms with Gasteiger partial charge in [0.25, 0.3) is 0 Å². The lowest BCUT2D eigenvalue weighted by Gasteiger charge is -2.20. The molecule has 4 heterocycles. The minimum Gasteiger partial charge on any atom is -0.394 e. The van der Waals surface area contributed by atoms with Crippen LogP contribution in [0, 0.1) is 5.92 Å². The lowest BCUT2D eigenvalue weighted by atomic mass is 10.0. The first kappa shape index (κ1) is 24.3. The zero-order valence-electron chi connectivity index (χ0n) is 20.8. The number of ether oxygens (including phenoxy) is 2. The molecule has 0 saturated carbocycles. The molecule has 3 aromatic heterocycles. The fraction of sp³-hybridized carbons (Fsp3) is 0.226. The molecular weight excluding hydrogens is 531 g/mol. The molecule has 38 heavy (non-hydrogen) atoms. The molecule has 4 nitrogen and oxygen atoms in total. The summed E-state index contributed by atoms with van der Waals surface area (Å²) >= 11 is 5.56. The van der Waals surface area contributed by atoms with Crippen LogP contribution in [0.15, 0.2) is 78.2 Å². The Bertz CT molecular complexity index is 1750. The van der Waals surface area contributed by atoms with Crippen molar-refractivity contribution in [2.24, 2.45) is 5.92 Å². The van der Waals surface area contributed by atoms with Crippen molar-refractivity contribution in [3.63, 3.8) is 0 Å². The molecule has 6 aromatic rings. The van der Waals surface area contributed by atoms with Crippen molar-refractivity contribution in [2.75, 3.05) is 32.2 Å². The molecule has 7 rings (SSSR count). The molecule has 1 fully saturated rings. The van der Waals surface area contributed by atoms with Crippen LogP contribution in [0.5, 0.6) is 0 Å². The van der Waals surface area contributed by atoms with Crippen LogP contribution in [0.3, 0.4) is 0 Å². The van der Waals surface area contributed by atoms with E-state index in [1.807, 2.05) is 34.0 Å². The van der Waals surface area contributed by atoms with Crippen molar-refractivity contribution in [1.82, 2.24) is 0 Å². The van der Waals surface area contributed by atoms with Gasteiger partial charge in [0.15, 0.2) is 0 Å². The highest BCUT2D eigenvalue weighted by molar-refractivity contribution is 7.29. The van der Waals surface area contributed by atoms with Gasteiger partial charge in [-0.25, -0.2) is 0 Å². The predicted molar refractivity (Wildman–Crippen MR) is 163 cm³/mol. The Balaban J connectivity index is 1.32. The van der Waals surface area contributed by atoms with Crippen LogP contribution in [0.4, 0.5) is 5.00 Å². The quantitative estimate of drug-likeness (QED) is 0.208. The van der Waals surface area contributed by atoms with E-state index in [0.29, 0.717) is 6.61 Å². The first-order valence-corrected chi connectivity index (χ1v) is 15.3. The van der Waals surface area contributed by atoms with Gasteiger partial charge in [-0.3, -0.25) is 0 Å². The van der Waals surface area contributed by atoms with E-state index in [9.17, 15) is 5.11 Å². The van der Waals surface area contributed by atoms with Gasteiger partial charge in [-0.15, -0.1) is 34.0 Å². The van der Waals surface area contributed by atoms with Gasteiger partial charge in [0.05, 0.1) is 43.8 Å².